The Balaban J connectivity index is 0.00000338. The third-order valence-corrected chi connectivity index (χ3v) is 3.67. The van der Waals surface area contributed by atoms with Crippen LogP contribution in [0.3, 0.4) is 0 Å². The molecule has 2 aromatic rings. The van der Waals surface area contributed by atoms with Crippen molar-refractivity contribution in [2.45, 2.75) is 33.7 Å². The Kier molecular flexibility index (Phi) is 7.22. The minimum Gasteiger partial charge on any atom is -0.480 e. The monoisotopic (exact) mass is 382 g/mol. The van der Waals surface area contributed by atoms with Crippen LogP contribution in [0.4, 0.5) is 5.82 Å². The number of aliphatic carboxylic acids is 1. The second-order valence-corrected chi connectivity index (χ2v) is 6.01. The molecule has 2 aromatic heterocycles. The molecule has 10 heteroatoms. The maximum atomic E-state index is 12.2. The van der Waals surface area contributed by atoms with Gasteiger partial charge < -0.3 is 10.4 Å². The van der Waals surface area contributed by atoms with Crippen molar-refractivity contribution in [2.24, 2.45) is 0 Å². The largest absolute Gasteiger partial charge is 0.480 e. The number of aromatic nitrogens is 4. The van der Waals surface area contributed by atoms with Gasteiger partial charge in [0.2, 0.25) is 5.91 Å². The Morgan fingerprint density at radius 2 is 1.77 bits per heavy atom. The summed E-state index contributed by atoms with van der Waals surface area (Å²) in [5, 5.41) is 16.1. The van der Waals surface area contributed by atoms with Crippen LogP contribution in [0.2, 0.25) is 0 Å². The summed E-state index contributed by atoms with van der Waals surface area (Å²) in [5.74, 6) is -0.530. The standard InChI is InChI=1S/C16H22N6O3.ClH/c1-9-6-10(2)18-16(17-9)22-13(7-11(3)20-22)19-14(23)8-21(5)12(4)15(24)25;/h6-7,12H,8H2,1-5H3,(H,19,23)(H,24,25);1H. The van der Waals surface area contributed by atoms with Gasteiger partial charge in [0.25, 0.3) is 5.95 Å². The smallest absolute Gasteiger partial charge is 0.320 e. The minimum atomic E-state index is -0.986. The summed E-state index contributed by atoms with van der Waals surface area (Å²) in [5.41, 5.74) is 2.29. The maximum Gasteiger partial charge on any atom is 0.320 e. The molecule has 0 radical (unpaired) electrons. The molecule has 1 unspecified atom stereocenters. The third kappa shape index (κ3) is 5.24. The zero-order valence-electron chi connectivity index (χ0n) is 15.3. The van der Waals surface area contributed by atoms with E-state index in [9.17, 15) is 9.59 Å². The van der Waals surface area contributed by atoms with E-state index in [2.05, 4.69) is 20.4 Å². The molecule has 1 amide bonds. The van der Waals surface area contributed by atoms with Gasteiger partial charge in [-0.2, -0.15) is 9.78 Å². The van der Waals surface area contributed by atoms with Gasteiger partial charge in [-0.05, 0) is 40.8 Å². The molecule has 9 nitrogen and oxygen atoms in total. The number of carboxylic acids is 1. The van der Waals surface area contributed by atoms with Crippen LogP contribution in [0.1, 0.15) is 24.0 Å². The molecule has 26 heavy (non-hydrogen) atoms. The van der Waals surface area contributed by atoms with Gasteiger partial charge >= 0.3 is 5.97 Å². The molecule has 2 heterocycles. The number of nitrogens with one attached hydrogen (secondary N) is 1. The maximum absolute atomic E-state index is 12.2. The molecule has 0 spiro atoms. The van der Waals surface area contributed by atoms with Crippen molar-refractivity contribution in [1.82, 2.24) is 24.6 Å². The van der Waals surface area contributed by atoms with Crippen LogP contribution < -0.4 is 5.32 Å². The number of carboxylic acid groups (broad SMARTS) is 1. The summed E-state index contributed by atoms with van der Waals surface area (Å²) >= 11 is 0. The van der Waals surface area contributed by atoms with Crippen molar-refractivity contribution in [3.8, 4) is 5.95 Å². The lowest BCUT2D eigenvalue weighted by Crippen LogP contribution is -2.40. The zero-order valence-corrected chi connectivity index (χ0v) is 16.2. The summed E-state index contributed by atoms with van der Waals surface area (Å²) < 4.78 is 1.47. The first-order chi connectivity index (χ1) is 11.7. The molecule has 0 bridgehead atoms. The molecule has 0 saturated heterocycles. The predicted molar refractivity (Wildman–Crippen MR) is 99.0 cm³/mol. The SMILES string of the molecule is Cc1cc(C)nc(-n2nc(C)cc2NC(=O)CN(C)C(C)C(=O)O)n1.Cl. The normalized spacial score (nSPS) is 11.8. The molecular weight excluding hydrogens is 360 g/mol. The van der Waals surface area contributed by atoms with E-state index < -0.39 is 12.0 Å². The van der Waals surface area contributed by atoms with Crippen LogP contribution in [-0.4, -0.2) is 61.3 Å². The Morgan fingerprint density at radius 3 is 2.31 bits per heavy atom. The number of rotatable bonds is 6. The van der Waals surface area contributed by atoms with Gasteiger partial charge in [-0.3, -0.25) is 14.5 Å². The van der Waals surface area contributed by atoms with Gasteiger partial charge in [-0.15, -0.1) is 12.4 Å². The van der Waals surface area contributed by atoms with Gasteiger partial charge in [0.1, 0.15) is 11.9 Å². The number of amides is 1. The lowest BCUT2D eigenvalue weighted by Gasteiger charge is -2.20. The Labute approximate surface area is 157 Å². The van der Waals surface area contributed by atoms with Crippen molar-refractivity contribution in [3.63, 3.8) is 0 Å². The molecule has 0 aliphatic heterocycles. The second kappa shape index (κ2) is 8.72. The van der Waals surface area contributed by atoms with Gasteiger partial charge in [0, 0.05) is 17.5 Å². The lowest BCUT2D eigenvalue weighted by molar-refractivity contribution is -0.142. The molecule has 1 atom stereocenters. The first-order valence-electron chi connectivity index (χ1n) is 7.79. The van der Waals surface area contributed by atoms with Crippen molar-refractivity contribution in [3.05, 3.63) is 29.2 Å². The number of aryl methyl sites for hydroxylation is 3. The Morgan fingerprint density at radius 1 is 1.19 bits per heavy atom. The number of halogens is 1. The summed E-state index contributed by atoms with van der Waals surface area (Å²) in [6.07, 6.45) is 0. The number of hydrogen-bond donors (Lipinski definition) is 2. The fourth-order valence-electron chi connectivity index (χ4n) is 2.28. The highest BCUT2D eigenvalue weighted by Gasteiger charge is 2.20. The van der Waals surface area contributed by atoms with Crippen molar-refractivity contribution < 1.29 is 14.7 Å². The molecule has 0 fully saturated rings. The molecule has 2 N–H and O–H groups in total. The van der Waals surface area contributed by atoms with E-state index in [-0.39, 0.29) is 24.9 Å². The number of hydrogen-bond acceptors (Lipinski definition) is 6. The summed E-state index contributed by atoms with van der Waals surface area (Å²) in [6, 6.07) is 2.79. The quantitative estimate of drug-likeness (QED) is 0.775. The second-order valence-electron chi connectivity index (χ2n) is 6.01. The number of likely N-dealkylation sites (N-methyl/N-ethyl adjacent to an activating group) is 1. The van der Waals surface area contributed by atoms with Crippen LogP contribution in [0.15, 0.2) is 12.1 Å². The summed E-state index contributed by atoms with van der Waals surface area (Å²) in [4.78, 5) is 33.4. The van der Waals surface area contributed by atoms with E-state index >= 15 is 0 Å². The van der Waals surface area contributed by atoms with Crippen LogP contribution in [0.25, 0.3) is 5.95 Å². The number of anilines is 1. The first-order valence-corrected chi connectivity index (χ1v) is 7.79. The van der Waals surface area contributed by atoms with Crippen LogP contribution in [0.5, 0.6) is 0 Å². The topological polar surface area (TPSA) is 113 Å². The molecule has 0 aliphatic carbocycles. The summed E-state index contributed by atoms with van der Waals surface area (Å²) in [7, 11) is 1.58. The van der Waals surface area contributed by atoms with Crippen molar-refractivity contribution in [1.29, 1.82) is 0 Å². The Bertz CT molecular complexity index is 787. The van der Waals surface area contributed by atoms with E-state index in [1.165, 1.54) is 16.5 Å². The molecule has 0 saturated carbocycles. The number of carbonyl (C=O) groups excluding carboxylic acids is 1. The van der Waals surface area contributed by atoms with E-state index in [4.69, 9.17) is 5.11 Å². The molecule has 2 rings (SSSR count). The summed E-state index contributed by atoms with van der Waals surface area (Å²) in [6.45, 7) is 6.97. The molecule has 0 aromatic carbocycles. The highest BCUT2D eigenvalue weighted by Crippen LogP contribution is 2.15. The first kappa shape index (κ1) is 21.5. The van der Waals surface area contributed by atoms with Crippen molar-refractivity contribution in [2.75, 3.05) is 18.9 Å². The van der Waals surface area contributed by atoms with E-state index in [0.29, 0.717) is 17.5 Å². The van der Waals surface area contributed by atoms with Crippen molar-refractivity contribution >= 4 is 30.1 Å². The van der Waals surface area contributed by atoms with Crippen LogP contribution in [0, 0.1) is 20.8 Å². The molecule has 142 valence electrons. The van der Waals surface area contributed by atoms with Gasteiger partial charge in [0.05, 0.1) is 12.2 Å². The predicted octanol–water partition coefficient (Wildman–Crippen LogP) is 1.35. The number of carbonyl (C=O) groups is 2. The highest BCUT2D eigenvalue weighted by molar-refractivity contribution is 5.92. The third-order valence-electron chi connectivity index (χ3n) is 3.67. The van der Waals surface area contributed by atoms with E-state index in [0.717, 1.165) is 11.4 Å². The van der Waals surface area contributed by atoms with Gasteiger partial charge in [-0.1, -0.05) is 0 Å². The van der Waals surface area contributed by atoms with Gasteiger partial charge in [-0.25, -0.2) is 9.97 Å². The van der Waals surface area contributed by atoms with Gasteiger partial charge in [0.15, 0.2) is 0 Å². The minimum absolute atomic E-state index is 0. The molecular formula is C16H23ClN6O3. The zero-order chi connectivity index (χ0) is 18.7. The van der Waals surface area contributed by atoms with Crippen LogP contribution in [-0.2, 0) is 9.59 Å². The molecule has 0 aliphatic rings. The fraction of sp³-hybridized carbons (Fsp3) is 0.438. The lowest BCUT2D eigenvalue weighted by atomic mass is 10.3. The average molecular weight is 383 g/mol. The Hall–Kier alpha value is -2.52. The van der Waals surface area contributed by atoms with Crippen LogP contribution >= 0.6 is 12.4 Å². The number of nitrogens with zero attached hydrogens (tertiary/aromatic N) is 5. The van der Waals surface area contributed by atoms with E-state index in [1.54, 1.807) is 20.0 Å². The fourth-order valence-corrected chi connectivity index (χ4v) is 2.28. The van der Waals surface area contributed by atoms with E-state index in [1.807, 2.05) is 19.9 Å². The average Bonchev–Trinajstić information content (AvgIpc) is 2.85. The highest BCUT2D eigenvalue weighted by atomic mass is 35.5.